The highest BCUT2D eigenvalue weighted by Crippen LogP contribution is 2.37. The molecule has 4 heteroatoms. The fraction of sp³-hybridized carbons (Fsp3) is 0.500. The summed E-state index contributed by atoms with van der Waals surface area (Å²) in [5, 5.41) is 9.88. The lowest BCUT2D eigenvalue weighted by Crippen LogP contribution is -2.28. The largest absolute Gasteiger partial charge is 0.391 e. The van der Waals surface area contributed by atoms with E-state index >= 15 is 0 Å². The van der Waals surface area contributed by atoms with Crippen molar-refractivity contribution in [2.45, 2.75) is 31.9 Å². The van der Waals surface area contributed by atoms with Crippen LogP contribution < -0.4 is 5.73 Å². The van der Waals surface area contributed by atoms with E-state index < -0.39 is 12.1 Å². The molecule has 0 amide bonds. The van der Waals surface area contributed by atoms with Crippen molar-refractivity contribution < 1.29 is 9.50 Å². The highest BCUT2D eigenvalue weighted by Gasteiger charge is 2.34. The summed E-state index contributed by atoms with van der Waals surface area (Å²) < 4.78 is 13.3. The lowest BCUT2D eigenvalue weighted by Gasteiger charge is -2.20. The average molecular weight is 246 g/mol. The maximum atomic E-state index is 13.3. The Hall–Kier alpha value is -0.640. The Morgan fingerprint density at radius 2 is 2.06 bits per heavy atom. The van der Waals surface area contributed by atoms with Crippen LogP contribution in [0.25, 0.3) is 0 Å². The summed E-state index contributed by atoms with van der Waals surface area (Å²) in [5.74, 6) is 0.0496. The van der Waals surface area contributed by atoms with Crippen LogP contribution in [0.5, 0.6) is 0 Å². The van der Waals surface area contributed by atoms with E-state index in [0.717, 1.165) is 18.4 Å². The van der Waals surface area contributed by atoms with Crippen molar-refractivity contribution in [1.29, 1.82) is 0 Å². The smallest absolute Gasteiger partial charge is 0.126 e. The van der Waals surface area contributed by atoms with E-state index in [0.29, 0.717) is 11.5 Å². The predicted molar refractivity (Wildman–Crippen MR) is 64.0 cm³/mol. The van der Waals surface area contributed by atoms with Crippen LogP contribution in [0.1, 0.15) is 30.0 Å². The van der Waals surface area contributed by atoms with Crippen LogP contribution in [0.2, 0.25) is 0 Å². The van der Waals surface area contributed by atoms with Crippen LogP contribution in [-0.2, 0) is 0 Å². The molecule has 0 heterocycles. The van der Waals surface area contributed by atoms with Gasteiger partial charge in [-0.1, -0.05) is 12.1 Å². The minimum absolute atomic E-state index is 0. The minimum Gasteiger partial charge on any atom is -0.391 e. The highest BCUT2D eigenvalue weighted by molar-refractivity contribution is 5.85. The number of aliphatic hydroxyl groups is 1. The van der Waals surface area contributed by atoms with Gasteiger partial charge < -0.3 is 10.8 Å². The first-order chi connectivity index (χ1) is 7.11. The first-order valence-electron chi connectivity index (χ1n) is 5.30. The zero-order chi connectivity index (χ0) is 11.0. The fourth-order valence-electron chi connectivity index (χ4n) is 1.90. The Balaban J connectivity index is 0.00000128. The van der Waals surface area contributed by atoms with Gasteiger partial charge in [-0.25, -0.2) is 4.39 Å². The molecule has 0 aromatic heterocycles. The van der Waals surface area contributed by atoms with Gasteiger partial charge in [-0.3, -0.25) is 0 Å². The maximum Gasteiger partial charge on any atom is 0.126 e. The normalized spacial score (nSPS) is 18.8. The Kier molecular flexibility index (Phi) is 4.30. The molecule has 16 heavy (non-hydrogen) atoms. The summed E-state index contributed by atoms with van der Waals surface area (Å²) in [5.41, 5.74) is 7.20. The molecule has 1 aliphatic rings. The first kappa shape index (κ1) is 13.4. The molecule has 1 aromatic rings. The lowest BCUT2D eigenvalue weighted by atomic mass is 9.95. The van der Waals surface area contributed by atoms with Crippen LogP contribution in [0.3, 0.4) is 0 Å². The predicted octanol–water partition coefficient (Wildman–Crippen LogP) is 2.33. The van der Waals surface area contributed by atoms with Gasteiger partial charge >= 0.3 is 0 Å². The lowest BCUT2D eigenvalue weighted by molar-refractivity contribution is 0.122. The number of hydrogen-bond donors (Lipinski definition) is 2. The van der Waals surface area contributed by atoms with Gasteiger partial charge in [0, 0.05) is 0 Å². The summed E-state index contributed by atoms with van der Waals surface area (Å²) in [4.78, 5) is 0. The monoisotopic (exact) mass is 245 g/mol. The van der Waals surface area contributed by atoms with Gasteiger partial charge in [0.2, 0.25) is 0 Å². The zero-order valence-electron chi connectivity index (χ0n) is 9.19. The van der Waals surface area contributed by atoms with E-state index in [4.69, 9.17) is 5.73 Å². The van der Waals surface area contributed by atoms with Crippen molar-refractivity contribution in [3.05, 3.63) is 35.1 Å². The van der Waals surface area contributed by atoms with Gasteiger partial charge in [0.15, 0.2) is 0 Å². The molecular weight excluding hydrogens is 229 g/mol. The van der Waals surface area contributed by atoms with Gasteiger partial charge in [0.05, 0.1) is 12.1 Å². The van der Waals surface area contributed by atoms with Gasteiger partial charge in [-0.15, -0.1) is 12.4 Å². The van der Waals surface area contributed by atoms with Gasteiger partial charge in [0.25, 0.3) is 0 Å². The van der Waals surface area contributed by atoms with Crippen LogP contribution in [0.4, 0.5) is 4.39 Å². The molecule has 1 fully saturated rings. The third-order valence-corrected chi connectivity index (χ3v) is 3.14. The van der Waals surface area contributed by atoms with E-state index in [1.807, 2.05) is 0 Å². The van der Waals surface area contributed by atoms with Gasteiger partial charge in [-0.2, -0.15) is 0 Å². The Bertz CT molecular complexity index is 368. The van der Waals surface area contributed by atoms with Crippen LogP contribution >= 0.6 is 12.4 Å². The molecule has 90 valence electrons. The van der Waals surface area contributed by atoms with Crippen LogP contribution in [0, 0.1) is 18.7 Å². The molecule has 0 spiro atoms. The summed E-state index contributed by atoms with van der Waals surface area (Å²) >= 11 is 0. The fourth-order valence-corrected chi connectivity index (χ4v) is 1.90. The minimum atomic E-state index is -0.537. The number of benzene rings is 1. The van der Waals surface area contributed by atoms with E-state index in [-0.39, 0.29) is 18.2 Å². The second kappa shape index (κ2) is 5.13. The Labute approximate surface area is 101 Å². The molecule has 0 radical (unpaired) electrons. The molecule has 2 nitrogen and oxygen atoms in total. The van der Waals surface area contributed by atoms with E-state index in [1.54, 1.807) is 19.1 Å². The Morgan fingerprint density at radius 3 is 2.62 bits per heavy atom. The van der Waals surface area contributed by atoms with Crippen molar-refractivity contribution in [2.75, 3.05) is 0 Å². The second-order valence-corrected chi connectivity index (χ2v) is 4.31. The van der Waals surface area contributed by atoms with Crippen LogP contribution in [-0.4, -0.2) is 11.2 Å². The summed E-state index contributed by atoms with van der Waals surface area (Å²) in [7, 11) is 0. The van der Waals surface area contributed by atoms with Crippen LogP contribution in [0.15, 0.2) is 18.2 Å². The standard InChI is InChI=1S/C12H16FNO.ClH/c1-7-9(3-2-4-10(7)13)11(14)12(15)8-5-6-8;/h2-4,8,11-12,15H,5-6,14H2,1H3;1H/t11-,12+;/m0./s1. The highest BCUT2D eigenvalue weighted by atomic mass is 35.5. The topological polar surface area (TPSA) is 46.2 Å². The quantitative estimate of drug-likeness (QED) is 0.859. The van der Waals surface area contributed by atoms with Gasteiger partial charge in [-0.05, 0) is 42.9 Å². The number of aliphatic hydroxyl groups excluding tert-OH is 1. The molecule has 3 N–H and O–H groups in total. The molecular formula is C12H17ClFNO. The molecule has 0 aliphatic heterocycles. The Morgan fingerprint density at radius 1 is 1.44 bits per heavy atom. The molecule has 1 saturated carbocycles. The number of rotatable bonds is 3. The van der Waals surface area contributed by atoms with E-state index in [1.165, 1.54) is 6.07 Å². The van der Waals surface area contributed by atoms with E-state index in [2.05, 4.69) is 0 Å². The number of hydrogen-bond acceptors (Lipinski definition) is 2. The summed E-state index contributed by atoms with van der Waals surface area (Å²) in [6.07, 6.45) is 1.53. The third-order valence-electron chi connectivity index (χ3n) is 3.14. The second-order valence-electron chi connectivity index (χ2n) is 4.31. The molecule has 1 aliphatic carbocycles. The number of nitrogens with two attached hydrogens (primary N) is 1. The van der Waals surface area contributed by atoms with Crippen molar-refractivity contribution >= 4 is 12.4 Å². The molecule has 1 aromatic carbocycles. The molecule has 0 saturated heterocycles. The molecule has 0 bridgehead atoms. The first-order valence-corrected chi connectivity index (χ1v) is 5.30. The molecule has 2 rings (SSSR count). The molecule has 0 unspecified atom stereocenters. The molecule has 2 atom stereocenters. The maximum absolute atomic E-state index is 13.3. The summed E-state index contributed by atoms with van der Waals surface area (Å²) in [6.45, 7) is 1.70. The van der Waals surface area contributed by atoms with Crippen molar-refractivity contribution in [3.63, 3.8) is 0 Å². The zero-order valence-corrected chi connectivity index (χ0v) is 10.0. The average Bonchev–Trinajstić information content (AvgIpc) is 3.03. The third kappa shape index (κ3) is 2.54. The van der Waals surface area contributed by atoms with Crippen molar-refractivity contribution in [1.82, 2.24) is 0 Å². The van der Waals surface area contributed by atoms with Crippen molar-refractivity contribution in [2.24, 2.45) is 11.7 Å². The summed E-state index contributed by atoms with van der Waals surface area (Å²) in [6, 6.07) is 4.37. The number of halogens is 2. The SMILES string of the molecule is Cc1c(F)cccc1[C@H](N)[C@H](O)C1CC1.Cl. The van der Waals surface area contributed by atoms with Crippen molar-refractivity contribution in [3.8, 4) is 0 Å². The van der Waals surface area contributed by atoms with Gasteiger partial charge in [0.1, 0.15) is 5.82 Å². The van der Waals surface area contributed by atoms with E-state index in [9.17, 15) is 9.50 Å².